The van der Waals surface area contributed by atoms with E-state index in [0.29, 0.717) is 30.0 Å². The van der Waals surface area contributed by atoms with Crippen molar-refractivity contribution in [3.8, 4) is 23.1 Å². The number of ether oxygens (including phenoxy) is 1. The van der Waals surface area contributed by atoms with Crippen LogP contribution >= 0.6 is 0 Å². The van der Waals surface area contributed by atoms with Gasteiger partial charge < -0.3 is 25.4 Å². The third kappa shape index (κ3) is 6.12. The number of pyridine rings is 1. The number of aromatic hydroxyl groups is 3. The van der Waals surface area contributed by atoms with Crippen LogP contribution in [0, 0.1) is 0 Å². The van der Waals surface area contributed by atoms with E-state index in [2.05, 4.69) is 16.9 Å². The highest BCUT2D eigenvalue weighted by molar-refractivity contribution is 5.77. The maximum absolute atomic E-state index is 13.4. The molecule has 4 rings (SSSR count). The molecular weight excluding hydrogens is 486 g/mol. The van der Waals surface area contributed by atoms with Gasteiger partial charge in [-0.15, -0.1) is 0 Å². The van der Waals surface area contributed by atoms with Gasteiger partial charge in [0, 0.05) is 25.1 Å². The van der Waals surface area contributed by atoms with Crippen LogP contribution in [0.5, 0.6) is 23.1 Å². The first-order valence-corrected chi connectivity index (χ1v) is 12.1. The zero-order chi connectivity index (χ0) is 27.2. The van der Waals surface area contributed by atoms with Gasteiger partial charge in [-0.3, -0.25) is 14.0 Å². The number of nitrogens with one attached hydrogen (secondary N) is 1. The Hall–Kier alpha value is -4.79. The molecule has 0 saturated carbocycles. The van der Waals surface area contributed by atoms with Crippen LogP contribution in [0.25, 0.3) is 5.65 Å². The minimum atomic E-state index is -0.778. The summed E-state index contributed by atoms with van der Waals surface area (Å²) in [6.07, 6.45) is 1.87. The van der Waals surface area contributed by atoms with Gasteiger partial charge in [0.05, 0.1) is 5.56 Å². The van der Waals surface area contributed by atoms with Gasteiger partial charge in [-0.1, -0.05) is 30.8 Å². The highest BCUT2D eigenvalue weighted by Gasteiger charge is 2.26. The van der Waals surface area contributed by atoms with E-state index in [1.165, 1.54) is 16.5 Å². The lowest BCUT2D eigenvalue weighted by molar-refractivity contribution is -0.121. The summed E-state index contributed by atoms with van der Waals surface area (Å²) in [5.41, 5.74) is 2.08. The number of hydrogen-bond acceptors (Lipinski definition) is 7. The highest BCUT2D eigenvalue weighted by atomic mass is 16.5. The average Bonchev–Trinajstić information content (AvgIpc) is 2.89. The van der Waals surface area contributed by atoms with Crippen molar-refractivity contribution in [1.82, 2.24) is 14.7 Å². The van der Waals surface area contributed by atoms with E-state index in [-0.39, 0.29) is 35.9 Å². The predicted octanol–water partition coefficient (Wildman–Crippen LogP) is 3.65. The van der Waals surface area contributed by atoms with Crippen molar-refractivity contribution in [2.45, 2.75) is 25.7 Å². The first-order valence-electron chi connectivity index (χ1n) is 12.1. The maximum Gasteiger partial charge on any atom is 0.265 e. The second kappa shape index (κ2) is 11.5. The summed E-state index contributed by atoms with van der Waals surface area (Å²) in [6.45, 7) is 6.31. The molecule has 9 nitrogen and oxygen atoms in total. The number of fused-ring (bicyclic) bond motifs is 1. The van der Waals surface area contributed by atoms with Crippen LogP contribution in [-0.2, 0) is 11.2 Å². The first-order chi connectivity index (χ1) is 18.2. The molecule has 4 aromatic rings. The van der Waals surface area contributed by atoms with Crippen LogP contribution < -0.4 is 15.6 Å². The van der Waals surface area contributed by atoms with Crippen LogP contribution in [0.2, 0.25) is 0 Å². The van der Waals surface area contributed by atoms with E-state index in [0.717, 1.165) is 11.1 Å². The minimum Gasteiger partial charge on any atom is -0.504 e. The fraction of sp³-hybridized carbons (Fsp3) is 0.207. The number of rotatable bonds is 10. The molecule has 1 unspecified atom stereocenters. The number of phenols is 2. The molecule has 0 aliphatic carbocycles. The summed E-state index contributed by atoms with van der Waals surface area (Å²) in [6, 6.07) is 16.5. The molecule has 1 atom stereocenters. The monoisotopic (exact) mass is 515 g/mol. The van der Waals surface area contributed by atoms with Crippen molar-refractivity contribution in [1.29, 1.82) is 0 Å². The van der Waals surface area contributed by atoms with Gasteiger partial charge in [-0.2, -0.15) is 4.98 Å². The second-order valence-corrected chi connectivity index (χ2v) is 9.08. The van der Waals surface area contributed by atoms with Crippen LogP contribution in [0.3, 0.4) is 0 Å². The number of amides is 1. The Balaban J connectivity index is 1.59. The molecule has 4 N–H and O–H groups in total. The topological polar surface area (TPSA) is 133 Å². The molecule has 38 heavy (non-hydrogen) atoms. The van der Waals surface area contributed by atoms with E-state index in [1.807, 2.05) is 6.92 Å². The van der Waals surface area contributed by atoms with Crippen LogP contribution in [-0.4, -0.2) is 43.8 Å². The van der Waals surface area contributed by atoms with E-state index < -0.39 is 17.4 Å². The third-order valence-electron chi connectivity index (χ3n) is 6.03. The first kappa shape index (κ1) is 26.3. The van der Waals surface area contributed by atoms with Gasteiger partial charge >= 0.3 is 0 Å². The number of benzene rings is 2. The predicted molar refractivity (Wildman–Crippen MR) is 143 cm³/mol. The maximum atomic E-state index is 13.4. The third-order valence-corrected chi connectivity index (χ3v) is 6.03. The summed E-state index contributed by atoms with van der Waals surface area (Å²) in [5, 5.41) is 32.7. The fourth-order valence-electron chi connectivity index (χ4n) is 4.11. The van der Waals surface area contributed by atoms with E-state index >= 15 is 0 Å². The quantitative estimate of drug-likeness (QED) is 0.187. The Morgan fingerprint density at radius 1 is 1.08 bits per heavy atom. The van der Waals surface area contributed by atoms with Crippen LogP contribution in [0.4, 0.5) is 0 Å². The minimum absolute atomic E-state index is 0.0166. The number of nitrogens with zero attached hydrogens (tertiary/aromatic N) is 2. The number of aromatic nitrogens is 2. The van der Waals surface area contributed by atoms with E-state index in [1.54, 1.807) is 54.7 Å². The number of carbonyl (C=O) groups excluding carboxylic acids is 1. The molecule has 2 aromatic heterocycles. The number of hydrogen-bond donors (Lipinski definition) is 4. The largest absolute Gasteiger partial charge is 0.504 e. The van der Waals surface area contributed by atoms with Crippen molar-refractivity contribution in [2.24, 2.45) is 0 Å². The zero-order valence-corrected chi connectivity index (χ0v) is 20.9. The summed E-state index contributed by atoms with van der Waals surface area (Å²) in [5.74, 6) is -1.38. The Morgan fingerprint density at radius 3 is 2.55 bits per heavy atom. The molecule has 0 spiro atoms. The second-order valence-electron chi connectivity index (χ2n) is 9.08. The smallest absolute Gasteiger partial charge is 0.265 e. The standard InChI is InChI=1S/C29H29N3O6/c1-18(2)17-38-21-9-7-20(8-10-21)22(27-28(36)31-25-5-3-4-14-32(25)29(27)37)16-26(35)30-13-12-19-6-11-23(33)24(34)15-19/h3-11,14-15,22,33-34,36H,1,12-13,16-17H2,2H3,(H,30,35). The lowest BCUT2D eigenvalue weighted by atomic mass is 9.89. The van der Waals surface area contributed by atoms with Crippen LogP contribution in [0.1, 0.15) is 36.0 Å². The normalized spacial score (nSPS) is 11.7. The molecule has 196 valence electrons. The number of phenolic OH excluding ortho intramolecular Hbond substituents is 2. The Morgan fingerprint density at radius 2 is 1.84 bits per heavy atom. The van der Waals surface area contributed by atoms with Gasteiger partial charge in [0.2, 0.25) is 11.8 Å². The van der Waals surface area contributed by atoms with Crippen LogP contribution in [0.15, 0.2) is 83.8 Å². The molecule has 0 bridgehead atoms. The lowest BCUT2D eigenvalue weighted by Crippen LogP contribution is -2.30. The molecule has 0 fully saturated rings. The molecule has 0 aliphatic rings. The van der Waals surface area contributed by atoms with E-state index in [4.69, 9.17) is 4.74 Å². The van der Waals surface area contributed by atoms with E-state index in [9.17, 15) is 24.9 Å². The molecule has 9 heteroatoms. The van der Waals surface area contributed by atoms with Gasteiger partial charge in [0.1, 0.15) is 18.0 Å². The Labute approximate surface area is 219 Å². The molecule has 0 saturated heterocycles. The van der Waals surface area contributed by atoms with Crippen molar-refractivity contribution < 1.29 is 24.9 Å². The van der Waals surface area contributed by atoms with Crippen molar-refractivity contribution >= 4 is 11.6 Å². The Bertz CT molecular complexity index is 1530. The average molecular weight is 516 g/mol. The molecule has 0 radical (unpaired) electrons. The molecule has 2 aromatic carbocycles. The summed E-state index contributed by atoms with van der Waals surface area (Å²) >= 11 is 0. The highest BCUT2D eigenvalue weighted by Crippen LogP contribution is 2.32. The molecular formula is C29H29N3O6. The fourth-order valence-corrected chi connectivity index (χ4v) is 4.11. The number of carbonyl (C=O) groups is 1. The van der Waals surface area contributed by atoms with Crippen molar-refractivity contribution in [3.05, 3.63) is 106 Å². The molecule has 0 aliphatic heterocycles. The van der Waals surface area contributed by atoms with Crippen molar-refractivity contribution in [2.75, 3.05) is 13.2 Å². The lowest BCUT2D eigenvalue weighted by Gasteiger charge is -2.19. The van der Waals surface area contributed by atoms with Gasteiger partial charge in [-0.05, 0) is 66.4 Å². The summed E-state index contributed by atoms with van der Waals surface area (Å²) in [7, 11) is 0. The summed E-state index contributed by atoms with van der Waals surface area (Å²) in [4.78, 5) is 30.6. The van der Waals surface area contributed by atoms with Gasteiger partial charge in [0.25, 0.3) is 5.56 Å². The summed E-state index contributed by atoms with van der Waals surface area (Å²) < 4.78 is 7.00. The molecule has 2 heterocycles. The van der Waals surface area contributed by atoms with Gasteiger partial charge in [0.15, 0.2) is 11.5 Å². The SMILES string of the molecule is C=C(C)COc1ccc(C(CC(=O)NCCc2ccc(O)c(O)c2)c2c(O)nc3ccccn3c2=O)cc1. The van der Waals surface area contributed by atoms with Crippen molar-refractivity contribution in [3.63, 3.8) is 0 Å². The Kier molecular flexibility index (Phi) is 7.96. The zero-order valence-electron chi connectivity index (χ0n) is 20.9. The van der Waals surface area contributed by atoms with Gasteiger partial charge in [-0.25, -0.2) is 0 Å². The molecule has 1 amide bonds.